The molecule has 0 aliphatic rings. The first-order chi connectivity index (χ1) is 8.99. The fourth-order valence-electron chi connectivity index (χ4n) is 1.89. The lowest BCUT2D eigenvalue weighted by Gasteiger charge is -2.26. The molecule has 0 saturated heterocycles. The van der Waals surface area contributed by atoms with E-state index in [4.69, 9.17) is 5.11 Å². The summed E-state index contributed by atoms with van der Waals surface area (Å²) in [6.07, 6.45) is 0. The molecule has 4 nitrogen and oxygen atoms in total. The van der Waals surface area contributed by atoms with E-state index >= 15 is 0 Å². The Morgan fingerprint density at radius 3 is 2.74 bits per heavy atom. The van der Waals surface area contributed by atoms with Gasteiger partial charge >= 0.3 is 0 Å². The zero-order chi connectivity index (χ0) is 14.4. The van der Waals surface area contributed by atoms with Crippen LogP contribution in [0.4, 0.5) is 5.69 Å². The number of anilines is 1. The van der Waals surface area contributed by atoms with Crippen LogP contribution in [0.1, 0.15) is 19.4 Å². The van der Waals surface area contributed by atoms with Gasteiger partial charge < -0.3 is 10.4 Å². The van der Waals surface area contributed by atoms with Gasteiger partial charge in [0, 0.05) is 16.7 Å². The molecule has 1 aromatic carbocycles. The Hall–Kier alpha value is -0.910. The average Bonchev–Trinajstić information content (AvgIpc) is 2.39. The number of nitrogens with one attached hydrogen (secondary N) is 1. The first-order valence-electron chi connectivity index (χ1n) is 6.41. The molecule has 0 saturated carbocycles. The second-order valence-electron chi connectivity index (χ2n) is 4.48. The highest BCUT2D eigenvalue weighted by Gasteiger charge is 2.19. The van der Waals surface area contributed by atoms with Crippen molar-refractivity contribution >= 4 is 27.5 Å². The zero-order valence-electron chi connectivity index (χ0n) is 11.6. The van der Waals surface area contributed by atoms with E-state index < -0.39 is 0 Å². The molecule has 1 amide bonds. The molecular weight excluding hydrogens is 308 g/mol. The van der Waals surface area contributed by atoms with Gasteiger partial charge in [0.05, 0.1) is 12.6 Å². The standard InChI is InChI=1S/C14H21BrN2O2/c1-4-17(7-8-18)11(3)14(19)16-12-5-6-13(15)10(2)9-12/h5-6,9,11,18H,4,7-8H2,1-3H3,(H,16,19). The number of aliphatic hydroxyl groups excluding tert-OH is 1. The number of carbonyl (C=O) groups is 1. The normalized spacial score (nSPS) is 12.5. The van der Waals surface area contributed by atoms with E-state index in [1.54, 1.807) is 0 Å². The monoisotopic (exact) mass is 328 g/mol. The Kier molecular flexibility index (Phi) is 6.48. The molecule has 2 N–H and O–H groups in total. The van der Waals surface area contributed by atoms with E-state index in [0.29, 0.717) is 6.54 Å². The molecule has 0 fully saturated rings. The van der Waals surface area contributed by atoms with Crippen molar-refractivity contribution < 1.29 is 9.90 Å². The molecular formula is C14H21BrN2O2. The summed E-state index contributed by atoms with van der Waals surface area (Å²) in [6, 6.07) is 5.45. The van der Waals surface area contributed by atoms with Gasteiger partial charge in [-0.2, -0.15) is 0 Å². The molecule has 1 rings (SSSR count). The largest absolute Gasteiger partial charge is 0.395 e. The quantitative estimate of drug-likeness (QED) is 0.843. The number of nitrogens with zero attached hydrogens (tertiary/aromatic N) is 1. The minimum atomic E-state index is -0.263. The third kappa shape index (κ3) is 4.60. The van der Waals surface area contributed by atoms with Crippen molar-refractivity contribution in [2.24, 2.45) is 0 Å². The van der Waals surface area contributed by atoms with Crippen molar-refractivity contribution in [3.8, 4) is 0 Å². The highest BCUT2D eigenvalue weighted by molar-refractivity contribution is 9.10. The van der Waals surface area contributed by atoms with Gasteiger partial charge in [-0.1, -0.05) is 22.9 Å². The number of likely N-dealkylation sites (N-methyl/N-ethyl adjacent to an activating group) is 1. The number of hydrogen-bond donors (Lipinski definition) is 2. The van der Waals surface area contributed by atoms with E-state index in [9.17, 15) is 4.79 Å². The number of hydrogen-bond acceptors (Lipinski definition) is 3. The molecule has 0 bridgehead atoms. The van der Waals surface area contributed by atoms with Crippen molar-refractivity contribution in [1.29, 1.82) is 0 Å². The van der Waals surface area contributed by atoms with Gasteiger partial charge in [-0.05, 0) is 44.2 Å². The Morgan fingerprint density at radius 1 is 1.53 bits per heavy atom. The maximum Gasteiger partial charge on any atom is 0.241 e. The number of rotatable bonds is 6. The Morgan fingerprint density at radius 2 is 2.21 bits per heavy atom. The molecule has 1 unspecified atom stereocenters. The maximum atomic E-state index is 12.1. The van der Waals surface area contributed by atoms with Crippen LogP contribution in [-0.2, 0) is 4.79 Å². The molecule has 1 atom stereocenters. The van der Waals surface area contributed by atoms with Crippen LogP contribution < -0.4 is 5.32 Å². The summed E-state index contributed by atoms with van der Waals surface area (Å²) in [5.74, 6) is -0.0583. The van der Waals surface area contributed by atoms with Crippen LogP contribution in [0, 0.1) is 6.92 Å². The summed E-state index contributed by atoms with van der Waals surface area (Å²) in [7, 11) is 0. The number of amides is 1. The van der Waals surface area contributed by atoms with Crippen molar-refractivity contribution in [3.63, 3.8) is 0 Å². The molecule has 106 valence electrons. The number of benzene rings is 1. The van der Waals surface area contributed by atoms with Gasteiger partial charge in [-0.25, -0.2) is 0 Å². The van der Waals surface area contributed by atoms with Gasteiger partial charge in [-0.3, -0.25) is 9.69 Å². The summed E-state index contributed by atoms with van der Waals surface area (Å²) in [4.78, 5) is 14.1. The molecule has 0 aliphatic heterocycles. The molecule has 0 heterocycles. The molecule has 0 radical (unpaired) electrons. The van der Waals surface area contributed by atoms with Crippen LogP contribution in [0.5, 0.6) is 0 Å². The van der Waals surface area contributed by atoms with Gasteiger partial charge in [0.25, 0.3) is 0 Å². The van der Waals surface area contributed by atoms with Gasteiger partial charge in [-0.15, -0.1) is 0 Å². The van der Waals surface area contributed by atoms with Gasteiger partial charge in [0.1, 0.15) is 0 Å². The number of halogens is 1. The lowest BCUT2D eigenvalue weighted by molar-refractivity contribution is -0.120. The molecule has 5 heteroatoms. The minimum Gasteiger partial charge on any atom is -0.395 e. The molecule has 1 aromatic rings. The second kappa shape index (κ2) is 7.62. The van der Waals surface area contributed by atoms with Crippen LogP contribution >= 0.6 is 15.9 Å². The maximum absolute atomic E-state index is 12.1. The van der Waals surface area contributed by atoms with Crippen LogP contribution in [-0.4, -0.2) is 41.7 Å². The smallest absolute Gasteiger partial charge is 0.241 e. The summed E-state index contributed by atoms with van der Waals surface area (Å²) < 4.78 is 1.02. The first-order valence-corrected chi connectivity index (χ1v) is 7.20. The van der Waals surface area contributed by atoms with Crippen molar-refractivity contribution in [1.82, 2.24) is 4.90 Å². The summed E-state index contributed by atoms with van der Waals surface area (Å²) in [6.45, 7) is 7.10. The second-order valence-corrected chi connectivity index (χ2v) is 5.34. The Labute approximate surface area is 122 Å². The predicted octanol–water partition coefficient (Wildman–Crippen LogP) is 2.40. The Balaban J connectivity index is 2.70. The minimum absolute atomic E-state index is 0.0583. The summed E-state index contributed by atoms with van der Waals surface area (Å²) in [5, 5.41) is 11.9. The molecule has 19 heavy (non-hydrogen) atoms. The summed E-state index contributed by atoms with van der Waals surface area (Å²) >= 11 is 3.43. The van der Waals surface area contributed by atoms with Crippen LogP contribution in [0.3, 0.4) is 0 Å². The number of aliphatic hydroxyl groups is 1. The lowest BCUT2D eigenvalue weighted by Crippen LogP contribution is -2.43. The molecule has 0 spiro atoms. The molecule has 0 aromatic heterocycles. The topological polar surface area (TPSA) is 52.6 Å². The lowest BCUT2D eigenvalue weighted by atomic mass is 10.2. The number of carbonyl (C=O) groups excluding carboxylic acids is 1. The van der Waals surface area contributed by atoms with E-state index in [1.165, 1.54) is 0 Å². The van der Waals surface area contributed by atoms with Crippen LogP contribution in [0.15, 0.2) is 22.7 Å². The SMILES string of the molecule is CCN(CCO)C(C)C(=O)Nc1ccc(Br)c(C)c1. The Bertz CT molecular complexity index is 437. The van der Waals surface area contributed by atoms with E-state index in [2.05, 4.69) is 21.2 Å². The fraction of sp³-hybridized carbons (Fsp3) is 0.500. The number of aryl methyl sites for hydroxylation is 1. The van der Waals surface area contributed by atoms with Gasteiger partial charge in [0.2, 0.25) is 5.91 Å². The third-order valence-corrected chi connectivity index (χ3v) is 4.04. The highest BCUT2D eigenvalue weighted by atomic mass is 79.9. The fourth-order valence-corrected chi connectivity index (χ4v) is 2.14. The van der Waals surface area contributed by atoms with Crippen LogP contribution in [0.25, 0.3) is 0 Å². The van der Waals surface area contributed by atoms with E-state index in [1.807, 2.05) is 43.9 Å². The molecule has 0 aliphatic carbocycles. The van der Waals surface area contributed by atoms with Crippen LogP contribution in [0.2, 0.25) is 0 Å². The summed E-state index contributed by atoms with van der Waals surface area (Å²) in [5.41, 5.74) is 1.87. The van der Waals surface area contributed by atoms with E-state index in [0.717, 1.165) is 22.3 Å². The first kappa shape index (κ1) is 16.1. The third-order valence-electron chi connectivity index (χ3n) is 3.15. The van der Waals surface area contributed by atoms with Crippen molar-refractivity contribution in [3.05, 3.63) is 28.2 Å². The zero-order valence-corrected chi connectivity index (χ0v) is 13.2. The highest BCUT2D eigenvalue weighted by Crippen LogP contribution is 2.20. The average molecular weight is 329 g/mol. The van der Waals surface area contributed by atoms with E-state index in [-0.39, 0.29) is 18.6 Å². The van der Waals surface area contributed by atoms with Gasteiger partial charge in [0.15, 0.2) is 0 Å². The predicted molar refractivity (Wildman–Crippen MR) is 81.3 cm³/mol. The van der Waals surface area contributed by atoms with Crippen molar-refractivity contribution in [2.75, 3.05) is 25.0 Å². The van der Waals surface area contributed by atoms with Crippen molar-refractivity contribution in [2.45, 2.75) is 26.8 Å².